The summed E-state index contributed by atoms with van der Waals surface area (Å²) in [6.07, 6.45) is 5.39. The highest BCUT2D eigenvalue weighted by Crippen LogP contribution is 2.25. The molecule has 2 aliphatic rings. The van der Waals surface area contributed by atoms with E-state index < -0.39 is 0 Å². The molecule has 0 aliphatic heterocycles. The fraction of sp³-hybridized carbons (Fsp3) is 0.571. The van der Waals surface area contributed by atoms with E-state index in [0.29, 0.717) is 12.1 Å². The molecule has 2 atom stereocenters. The van der Waals surface area contributed by atoms with E-state index in [-0.39, 0.29) is 6.10 Å². The van der Waals surface area contributed by atoms with Crippen LogP contribution in [0.1, 0.15) is 30.4 Å². The van der Waals surface area contributed by atoms with Crippen LogP contribution in [-0.4, -0.2) is 23.3 Å². The Kier molecular flexibility index (Phi) is 2.70. The second-order valence-corrected chi connectivity index (χ2v) is 5.15. The Morgan fingerprint density at radius 3 is 2.31 bits per heavy atom. The van der Waals surface area contributed by atoms with Crippen LogP contribution in [0.25, 0.3) is 0 Å². The predicted molar refractivity (Wildman–Crippen MR) is 64.4 cm³/mol. The van der Waals surface area contributed by atoms with Crippen LogP contribution in [0.15, 0.2) is 24.3 Å². The molecule has 1 aromatic carbocycles. The highest BCUT2D eigenvalue weighted by molar-refractivity contribution is 5.33. The second kappa shape index (κ2) is 4.19. The molecule has 1 fully saturated rings. The van der Waals surface area contributed by atoms with E-state index in [1.165, 1.54) is 17.5 Å². The van der Waals surface area contributed by atoms with Crippen molar-refractivity contribution in [2.24, 2.45) is 0 Å². The summed E-state index contributed by atoms with van der Waals surface area (Å²) < 4.78 is 0. The largest absolute Gasteiger partial charge is 0.392 e. The molecule has 86 valence electrons. The van der Waals surface area contributed by atoms with Gasteiger partial charge in [-0.25, -0.2) is 0 Å². The molecule has 0 heterocycles. The Hall–Kier alpha value is -0.860. The maximum atomic E-state index is 9.80. The quantitative estimate of drug-likeness (QED) is 0.789. The van der Waals surface area contributed by atoms with Crippen molar-refractivity contribution in [1.29, 1.82) is 0 Å². The van der Waals surface area contributed by atoms with Gasteiger partial charge in [-0.1, -0.05) is 24.3 Å². The molecule has 0 aromatic heterocycles. The van der Waals surface area contributed by atoms with E-state index in [0.717, 1.165) is 25.7 Å². The Balaban J connectivity index is 1.63. The first-order valence-electron chi connectivity index (χ1n) is 6.34. The molecule has 2 N–H and O–H groups in total. The lowest BCUT2D eigenvalue weighted by Gasteiger charge is -2.21. The van der Waals surface area contributed by atoms with E-state index >= 15 is 0 Å². The molecule has 0 saturated heterocycles. The van der Waals surface area contributed by atoms with Gasteiger partial charge in [-0.15, -0.1) is 0 Å². The van der Waals surface area contributed by atoms with Crippen LogP contribution >= 0.6 is 0 Å². The van der Waals surface area contributed by atoms with Gasteiger partial charge in [0.25, 0.3) is 0 Å². The first kappa shape index (κ1) is 10.3. The van der Waals surface area contributed by atoms with E-state index in [1.807, 2.05) is 0 Å². The molecule has 0 amide bonds. The number of aliphatic hydroxyl groups is 1. The maximum absolute atomic E-state index is 9.80. The summed E-state index contributed by atoms with van der Waals surface area (Å²) in [4.78, 5) is 0. The van der Waals surface area contributed by atoms with Crippen LogP contribution < -0.4 is 5.32 Å². The number of hydrogen-bond acceptors (Lipinski definition) is 2. The minimum absolute atomic E-state index is 0.122. The summed E-state index contributed by atoms with van der Waals surface area (Å²) in [5.74, 6) is 0. The van der Waals surface area contributed by atoms with Crippen molar-refractivity contribution in [3.63, 3.8) is 0 Å². The highest BCUT2D eigenvalue weighted by atomic mass is 16.3. The lowest BCUT2D eigenvalue weighted by atomic mass is 10.1. The number of hydrogen-bond donors (Lipinski definition) is 2. The molecule has 2 nitrogen and oxygen atoms in total. The summed E-state index contributed by atoms with van der Waals surface area (Å²) in [5, 5.41) is 13.4. The van der Waals surface area contributed by atoms with Crippen molar-refractivity contribution < 1.29 is 5.11 Å². The van der Waals surface area contributed by atoms with Gasteiger partial charge in [0.2, 0.25) is 0 Å². The van der Waals surface area contributed by atoms with Gasteiger partial charge < -0.3 is 10.4 Å². The van der Waals surface area contributed by atoms with Crippen LogP contribution in [0.4, 0.5) is 0 Å². The number of rotatable bonds is 2. The Labute approximate surface area is 96.7 Å². The lowest BCUT2D eigenvalue weighted by Crippen LogP contribution is -2.43. The molecule has 0 radical (unpaired) electrons. The summed E-state index contributed by atoms with van der Waals surface area (Å²) in [7, 11) is 0. The number of benzene rings is 1. The molecular weight excluding hydrogens is 198 g/mol. The standard InChI is InChI=1S/C14H19NO/c16-14-7-3-6-13(14)15-12-8-10-4-1-2-5-11(10)9-12/h1-2,4-5,12-16H,3,6-9H2/t13-,14-/m1/s1. The first-order chi connectivity index (χ1) is 7.83. The van der Waals surface area contributed by atoms with Crippen molar-refractivity contribution >= 4 is 0 Å². The lowest BCUT2D eigenvalue weighted by molar-refractivity contribution is 0.143. The van der Waals surface area contributed by atoms with Gasteiger partial charge in [-0.3, -0.25) is 0 Å². The predicted octanol–water partition coefficient (Wildman–Crippen LogP) is 1.66. The zero-order valence-corrected chi connectivity index (χ0v) is 9.52. The van der Waals surface area contributed by atoms with Crippen molar-refractivity contribution in [2.75, 3.05) is 0 Å². The zero-order valence-electron chi connectivity index (χ0n) is 9.52. The molecule has 0 bridgehead atoms. The van der Waals surface area contributed by atoms with Gasteiger partial charge in [0.1, 0.15) is 0 Å². The summed E-state index contributed by atoms with van der Waals surface area (Å²) in [6, 6.07) is 9.55. The molecule has 0 spiro atoms. The Morgan fingerprint density at radius 1 is 1.06 bits per heavy atom. The number of nitrogens with one attached hydrogen (secondary N) is 1. The molecule has 16 heavy (non-hydrogen) atoms. The minimum Gasteiger partial charge on any atom is -0.392 e. The molecule has 2 aliphatic carbocycles. The molecule has 2 heteroatoms. The van der Waals surface area contributed by atoms with Crippen molar-refractivity contribution in [2.45, 2.75) is 50.3 Å². The van der Waals surface area contributed by atoms with Crippen molar-refractivity contribution in [3.8, 4) is 0 Å². The smallest absolute Gasteiger partial charge is 0.0693 e. The van der Waals surface area contributed by atoms with E-state index in [4.69, 9.17) is 0 Å². The topological polar surface area (TPSA) is 32.3 Å². The average molecular weight is 217 g/mol. The molecule has 1 saturated carbocycles. The van der Waals surface area contributed by atoms with Crippen LogP contribution in [0.2, 0.25) is 0 Å². The van der Waals surface area contributed by atoms with Crippen LogP contribution in [0.5, 0.6) is 0 Å². The normalized spacial score (nSPS) is 29.6. The summed E-state index contributed by atoms with van der Waals surface area (Å²) >= 11 is 0. The SMILES string of the molecule is O[C@@H]1CCC[C@H]1NC1Cc2ccccc2C1. The second-order valence-electron chi connectivity index (χ2n) is 5.15. The molecular formula is C14H19NO. The van der Waals surface area contributed by atoms with Gasteiger partial charge in [-0.05, 0) is 43.2 Å². The Morgan fingerprint density at radius 2 is 1.75 bits per heavy atom. The number of fused-ring (bicyclic) bond motifs is 1. The van der Waals surface area contributed by atoms with E-state index in [1.54, 1.807) is 0 Å². The maximum Gasteiger partial charge on any atom is 0.0693 e. The highest BCUT2D eigenvalue weighted by Gasteiger charge is 2.29. The fourth-order valence-electron chi connectivity index (χ4n) is 3.11. The van der Waals surface area contributed by atoms with Crippen LogP contribution in [0, 0.1) is 0 Å². The monoisotopic (exact) mass is 217 g/mol. The van der Waals surface area contributed by atoms with Crippen LogP contribution in [0.3, 0.4) is 0 Å². The number of aliphatic hydroxyl groups excluding tert-OH is 1. The van der Waals surface area contributed by atoms with E-state index in [9.17, 15) is 5.11 Å². The van der Waals surface area contributed by atoms with Gasteiger partial charge in [-0.2, -0.15) is 0 Å². The van der Waals surface area contributed by atoms with Gasteiger partial charge in [0.15, 0.2) is 0 Å². The van der Waals surface area contributed by atoms with Crippen LogP contribution in [-0.2, 0) is 12.8 Å². The molecule has 1 aromatic rings. The zero-order chi connectivity index (χ0) is 11.0. The van der Waals surface area contributed by atoms with Crippen molar-refractivity contribution in [3.05, 3.63) is 35.4 Å². The average Bonchev–Trinajstić information content (AvgIpc) is 2.85. The fourth-order valence-corrected chi connectivity index (χ4v) is 3.11. The van der Waals surface area contributed by atoms with Gasteiger partial charge in [0, 0.05) is 12.1 Å². The summed E-state index contributed by atoms with van der Waals surface area (Å²) in [5.41, 5.74) is 2.96. The van der Waals surface area contributed by atoms with E-state index in [2.05, 4.69) is 29.6 Å². The first-order valence-corrected chi connectivity index (χ1v) is 6.34. The van der Waals surface area contributed by atoms with Gasteiger partial charge in [0.05, 0.1) is 6.10 Å². The van der Waals surface area contributed by atoms with Gasteiger partial charge >= 0.3 is 0 Å². The Bertz CT molecular complexity index is 352. The minimum atomic E-state index is -0.122. The molecule has 3 rings (SSSR count). The third-order valence-corrected chi connectivity index (χ3v) is 3.98. The third-order valence-electron chi connectivity index (χ3n) is 3.98. The summed E-state index contributed by atoms with van der Waals surface area (Å²) in [6.45, 7) is 0. The van der Waals surface area contributed by atoms with Crippen molar-refractivity contribution in [1.82, 2.24) is 5.32 Å². The third kappa shape index (κ3) is 1.87. The molecule has 0 unspecified atom stereocenters.